The maximum atomic E-state index is 13.8. The number of piperidine rings is 1. The van der Waals surface area contributed by atoms with E-state index in [9.17, 15) is 9.59 Å². The predicted octanol–water partition coefficient (Wildman–Crippen LogP) is 4.89. The third kappa shape index (κ3) is 5.19. The van der Waals surface area contributed by atoms with E-state index in [0.717, 1.165) is 23.9 Å². The van der Waals surface area contributed by atoms with Gasteiger partial charge < -0.3 is 14.5 Å². The molecule has 36 heavy (non-hydrogen) atoms. The van der Waals surface area contributed by atoms with Crippen LogP contribution in [0.15, 0.2) is 34.2 Å². The first-order valence-corrected chi connectivity index (χ1v) is 13.7. The summed E-state index contributed by atoms with van der Waals surface area (Å²) in [6.45, 7) is 1.09. The van der Waals surface area contributed by atoms with Gasteiger partial charge in [-0.3, -0.25) is 9.69 Å². The lowest BCUT2D eigenvalue weighted by Crippen LogP contribution is -2.50. The number of aliphatic carboxylic acids is 1. The molecule has 3 atom stereocenters. The maximum absolute atomic E-state index is 13.8. The van der Waals surface area contributed by atoms with Crippen molar-refractivity contribution >= 4 is 22.7 Å². The summed E-state index contributed by atoms with van der Waals surface area (Å²) >= 11 is 0. The molecule has 1 aliphatic carbocycles. The van der Waals surface area contributed by atoms with Crippen LogP contribution >= 0.6 is 0 Å². The van der Waals surface area contributed by atoms with Gasteiger partial charge in [-0.1, -0.05) is 55.8 Å². The van der Waals surface area contributed by atoms with Gasteiger partial charge in [-0.2, -0.15) is 0 Å². The zero-order valence-electron chi connectivity index (χ0n) is 21.3. The fourth-order valence-electron chi connectivity index (χ4n) is 6.88. The summed E-state index contributed by atoms with van der Waals surface area (Å²) in [6.07, 6.45) is 15.2. The third-order valence-corrected chi connectivity index (χ3v) is 8.40. The number of aromatic nitrogens is 2. The normalized spacial score (nSPS) is 26.4. The van der Waals surface area contributed by atoms with Crippen LogP contribution in [0, 0.1) is 0 Å². The van der Waals surface area contributed by atoms with Gasteiger partial charge in [0.2, 0.25) is 6.61 Å². The van der Waals surface area contributed by atoms with Crippen molar-refractivity contribution in [2.45, 2.75) is 108 Å². The van der Waals surface area contributed by atoms with E-state index in [1.165, 1.54) is 64.2 Å². The molecule has 3 fully saturated rings. The molecule has 1 unspecified atom stereocenters. The highest BCUT2D eigenvalue weighted by molar-refractivity contribution is 5.97. The number of para-hydroxylation sites is 2. The molecule has 8 nitrogen and oxygen atoms in total. The number of fused-ring (bicyclic) bond motifs is 3. The molecule has 2 aromatic rings. The van der Waals surface area contributed by atoms with Crippen molar-refractivity contribution in [2.24, 2.45) is 5.16 Å². The number of carboxylic acids is 1. The summed E-state index contributed by atoms with van der Waals surface area (Å²) in [5.74, 6) is -1.11. The van der Waals surface area contributed by atoms with Crippen LogP contribution in [0.2, 0.25) is 0 Å². The summed E-state index contributed by atoms with van der Waals surface area (Å²) < 4.78 is 1.94. The molecule has 1 N–H and O–H groups in total. The molecule has 2 bridgehead atoms. The second-order valence-electron chi connectivity index (χ2n) is 10.8. The Morgan fingerprint density at radius 3 is 2.28 bits per heavy atom. The van der Waals surface area contributed by atoms with Crippen molar-refractivity contribution in [3.05, 3.63) is 40.3 Å². The van der Waals surface area contributed by atoms with Crippen LogP contribution in [0.5, 0.6) is 0 Å². The standard InChI is InChI=1S/C28H38N4O4/c1-19(30-36-18-26(33)34)27-28(35)32(25-13-9-8-12-24(25)29-27)23-16-21-14-15-22(17-23)31(21)20-10-6-4-2-3-5-7-11-20/h8-9,12-13,20-23H,2-7,10-11,14-18H2,1H3,(H,33,34)/b30-19+/t21-,22+,23?. The molecular weight excluding hydrogens is 456 g/mol. The number of rotatable bonds is 6. The van der Waals surface area contributed by atoms with Crippen LogP contribution in [0.3, 0.4) is 0 Å². The lowest BCUT2D eigenvalue weighted by Gasteiger charge is -2.44. The molecular formula is C28H38N4O4. The number of carboxylic acid groups (broad SMARTS) is 1. The van der Waals surface area contributed by atoms with Gasteiger partial charge in [0.25, 0.3) is 5.56 Å². The predicted molar refractivity (Wildman–Crippen MR) is 139 cm³/mol. The van der Waals surface area contributed by atoms with E-state index >= 15 is 0 Å². The number of nitrogens with zero attached hydrogens (tertiary/aromatic N) is 4. The number of oxime groups is 1. The molecule has 5 rings (SSSR count). The lowest BCUT2D eigenvalue weighted by atomic mass is 9.91. The van der Waals surface area contributed by atoms with E-state index in [0.29, 0.717) is 23.8 Å². The highest BCUT2D eigenvalue weighted by atomic mass is 16.6. The number of carbonyl (C=O) groups is 1. The van der Waals surface area contributed by atoms with E-state index < -0.39 is 12.6 Å². The molecule has 1 saturated carbocycles. The quantitative estimate of drug-likeness (QED) is 0.454. The summed E-state index contributed by atoms with van der Waals surface area (Å²) in [7, 11) is 0. The van der Waals surface area contributed by atoms with Crippen molar-refractivity contribution in [3.8, 4) is 0 Å². The van der Waals surface area contributed by atoms with E-state index in [2.05, 4.69) is 15.0 Å². The second kappa shape index (κ2) is 11.1. The highest BCUT2D eigenvalue weighted by Gasteiger charge is 2.44. The molecule has 8 heteroatoms. The van der Waals surface area contributed by atoms with Crippen LogP contribution in [-0.2, 0) is 9.63 Å². The Balaban J connectivity index is 1.44. The Morgan fingerprint density at radius 1 is 0.972 bits per heavy atom. The average molecular weight is 495 g/mol. The summed E-state index contributed by atoms with van der Waals surface area (Å²) in [4.78, 5) is 37.0. The van der Waals surface area contributed by atoms with Crippen molar-refractivity contribution < 1.29 is 14.7 Å². The van der Waals surface area contributed by atoms with Crippen LogP contribution in [0.25, 0.3) is 11.0 Å². The van der Waals surface area contributed by atoms with Crippen molar-refractivity contribution in [2.75, 3.05) is 6.61 Å². The van der Waals surface area contributed by atoms with Crippen LogP contribution in [0.4, 0.5) is 0 Å². The molecule has 2 aliphatic heterocycles. The zero-order chi connectivity index (χ0) is 25.1. The van der Waals surface area contributed by atoms with E-state index in [1.807, 2.05) is 28.8 Å². The number of hydrogen-bond acceptors (Lipinski definition) is 6. The first-order chi connectivity index (χ1) is 17.5. The van der Waals surface area contributed by atoms with Gasteiger partial charge in [0.05, 0.1) is 11.0 Å². The van der Waals surface area contributed by atoms with Gasteiger partial charge in [-0.15, -0.1) is 0 Å². The van der Waals surface area contributed by atoms with Gasteiger partial charge in [0.15, 0.2) is 5.69 Å². The number of benzene rings is 1. The summed E-state index contributed by atoms with van der Waals surface area (Å²) in [6, 6.07) is 9.62. The Labute approximate surface area is 212 Å². The van der Waals surface area contributed by atoms with Gasteiger partial charge in [0, 0.05) is 24.2 Å². The lowest BCUT2D eigenvalue weighted by molar-refractivity contribution is -0.142. The highest BCUT2D eigenvalue weighted by Crippen LogP contribution is 2.44. The SMILES string of the molecule is C/C(=N\OCC(=O)O)c1nc2ccccc2n(C2C[C@H]3CC[C@@H](C2)N3C2CCCCCCCC2)c1=O. The fraction of sp³-hybridized carbons (Fsp3) is 0.643. The molecule has 3 heterocycles. The largest absolute Gasteiger partial charge is 0.479 e. The number of hydrogen-bond donors (Lipinski definition) is 1. The third-order valence-electron chi connectivity index (χ3n) is 8.40. The molecule has 194 valence electrons. The van der Waals surface area contributed by atoms with Gasteiger partial charge in [-0.05, 0) is 57.6 Å². The van der Waals surface area contributed by atoms with E-state index in [-0.39, 0.29) is 17.3 Å². The second-order valence-corrected chi connectivity index (χ2v) is 10.8. The molecule has 0 amide bonds. The Morgan fingerprint density at radius 2 is 1.61 bits per heavy atom. The van der Waals surface area contributed by atoms with Crippen LogP contribution < -0.4 is 5.56 Å². The maximum Gasteiger partial charge on any atom is 0.344 e. The van der Waals surface area contributed by atoms with E-state index in [4.69, 9.17) is 9.94 Å². The first kappa shape index (κ1) is 24.9. The fourth-order valence-corrected chi connectivity index (χ4v) is 6.88. The van der Waals surface area contributed by atoms with Gasteiger partial charge in [0.1, 0.15) is 5.71 Å². The Kier molecular flexibility index (Phi) is 7.70. The minimum absolute atomic E-state index is 0.113. The van der Waals surface area contributed by atoms with E-state index in [1.54, 1.807) is 6.92 Å². The van der Waals surface area contributed by atoms with Crippen LogP contribution in [0.1, 0.15) is 95.7 Å². The van der Waals surface area contributed by atoms with Crippen molar-refractivity contribution in [1.29, 1.82) is 0 Å². The smallest absolute Gasteiger partial charge is 0.344 e. The van der Waals surface area contributed by atoms with Gasteiger partial charge in [-0.25, -0.2) is 9.78 Å². The van der Waals surface area contributed by atoms with Crippen LogP contribution in [-0.4, -0.2) is 56.0 Å². The molecule has 3 aliphatic rings. The van der Waals surface area contributed by atoms with Crippen molar-refractivity contribution in [3.63, 3.8) is 0 Å². The summed E-state index contributed by atoms with van der Waals surface area (Å²) in [5.41, 5.74) is 1.95. The van der Waals surface area contributed by atoms with Crippen molar-refractivity contribution in [1.82, 2.24) is 14.5 Å². The molecule has 0 spiro atoms. The molecule has 2 saturated heterocycles. The monoisotopic (exact) mass is 494 g/mol. The van der Waals surface area contributed by atoms with Gasteiger partial charge >= 0.3 is 5.97 Å². The Bertz CT molecular complexity index is 1150. The Hall–Kier alpha value is -2.74. The molecule has 1 aromatic carbocycles. The average Bonchev–Trinajstić information content (AvgIpc) is 3.20. The summed E-state index contributed by atoms with van der Waals surface area (Å²) in [5, 5.41) is 12.7. The zero-order valence-corrected chi connectivity index (χ0v) is 21.3. The minimum atomic E-state index is -1.11. The molecule has 0 radical (unpaired) electrons. The molecule has 1 aromatic heterocycles. The minimum Gasteiger partial charge on any atom is -0.479 e. The topological polar surface area (TPSA) is 97.0 Å². The first-order valence-electron chi connectivity index (χ1n) is 13.7.